The van der Waals surface area contributed by atoms with Crippen molar-refractivity contribution in [2.24, 2.45) is 75.9 Å². The fourth-order valence-corrected chi connectivity index (χ4v) is 16.6. The zero-order valence-electron chi connectivity index (χ0n) is 43.2. The monoisotopic (exact) mass is 889 g/mol. The van der Waals surface area contributed by atoms with Gasteiger partial charge in [-0.3, -0.25) is 0 Å². The molecule has 7 saturated heterocycles. The summed E-state index contributed by atoms with van der Waals surface area (Å²) in [4.78, 5) is 0. The highest BCUT2D eigenvalue weighted by atomic mass is 32.2. The summed E-state index contributed by atoms with van der Waals surface area (Å²) in [6.07, 6.45) is 11.2. The maximum Gasteiger partial charge on any atom is 0.112 e. The van der Waals surface area contributed by atoms with Gasteiger partial charge in [0, 0.05) is 65.0 Å². The van der Waals surface area contributed by atoms with Gasteiger partial charge in [0.15, 0.2) is 0 Å². The summed E-state index contributed by atoms with van der Waals surface area (Å²) in [5.41, 5.74) is 0.495. The summed E-state index contributed by atoms with van der Waals surface area (Å²) < 4.78 is 35.9. The van der Waals surface area contributed by atoms with Crippen molar-refractivity contribution in [2.75, 3.05) is 19.0 Å². The van der Waals surface area contributed by atoms with Crippen molar-refractivity contribution in [3.63, 3.8) is 0 Å². The molecule has 8 radical (unpaired) electrons. The molecule has 1 saturated carbocycles. The molecule has 8 rings (SSSR count). The van der Waals surface area contributed by atoms with Crippen LogP contribution in [-0.4, -0.2) is 115 Å². The second kappa shape index (κ2) is 22.0. The van der Waals surface area contributed by atoms with E-state index in [-0.39, 0.29) is 70.5 Å². The van der Waals surface area contributed by atoms with Crippen molar-refractivity contribution in [2.45, 2.75) is 233 Å². The van der Waals surface area contributed by atoms with Gasteiger partial charge in [-0.25, -0.2) is 0 Å². The molecule has 354 valence electrons. The zero-order valence-corrected chi connectivity index (χ0v) is 44.0. The summed E-state index contributed by atoms with van der Waals surface area (Å²) in [6, 6.07) is -0.491. The molecule has 7 aliphatic heterocycles. The van der Waals surface area contributed by atoms with Crippen LogP contribution in [0.4, 0.5) is 0 Å². The first-order chi connectivity index (χ1) is 29.4. The van der Waals surface area contributed by atoms with Crippen LogP contribution in [0, 0.1) is 75.9 Å². The Hall–Kier alpha value is 0.370. The van der Waals surface area contributed by atoms with Gasteiger partial charge in [0.2, 0.25) is 0 Å². The number of fused-ring (bicyclic) bond motifs is 6. The Balaban J connectivity index is 0.000000159. The molecule has 7 heterocycles. The largest absolute Gasteiger partial charge is 0.381 e. The van der Waals surface area contributed by atoms with Crippen LogP contribution in [0.3, 0.4) is 0 Å². The van der Waals surface area contributed by atoms with E-state index in [1.54, 1.807) is 0 Å². The lowest BCUT2D eigenvalue weighted by Gasteiger charge is -2.45. The van der Waals surface area contributed by atoms with Crippen LogP contribution in [0.5, 0.6) is 0 Å². The Morgan fingerprint density at radius 3 is 1.44 bits per heavy atom. The molecule has 0 aromatic heterocycles. The lowest BCUT2D eigenvalue weighted by Crippen LogP contribution is -2.50. The van der Waals surface area contributed by atoms with Crippen LogP contribution in [0.15, 0.2) is 0 Å². The number of ether oxygens (including phenoxy) is 6. The van der Waals surface area contributed by atoms with Gasteiger partial charge in [-0.1, -0.05) is 111 Å². The summed E-state index contributed by atoms with van der Waals surface area (Å²) in [5, 5.41) is 0.531. The molecular weight excluding hydrogens is 796 g/mol. The SMILES string of the molecule is [B][C@@H]1O[C@@]2(CC(C)C)CC[C@H]1C2C(C)C.[B][C@@H]1O[C@@]2(CC(C)C)CS[C@H]1C2C(C)C.[B][C@@H]1O[C@H](CC(C)C)C2(C(C)C)CCCO[C@@H]12.[B][C@@H]1O[C@H](CC(C)C)C2(C(C)C)CCO[C@@H]12. The van der Waals surface area contributed by atoms with E-state index in [9.17, 15) is 0 Å². The Morgan fingerprint density at radius 1 is 0.524 bits per heavy atom. The summed E-state index contributed by atoms with van der Waals surface area (Å²) in [7, 11) is 24.3. The zero-order chi connectivity index (χ0) is 47.0. The number of hydrogen-bond donors (Lipinski definition) is 0. The van der Waals surface area contributed by atoms with E-state index in [1.807, 2.05) is 11.8 Å². The first kappa shape index (κ1) is 54.3. The molecule has 8 fully saturated rings. The molecule has 8 aliphatic rings. The minimum atomic E-state index is -0.235. The van der Waals surface area contributed by atoms with E-state index in [1.165, 1.54) is 25.7 Å². The van der Waals surface area contributed by atoms with E-state index in [0.29, 0.717) is 70.3 Å². The molecule has 0 amide bonds. The van der Waals surface area contributed by atoms with Crippen LogP contribution < -0.4 is 0 Å². The average molecular weight is 889 g/mol. The van der Waals surface area contributed by atoms with Gasteiger partial charge < -0.3 is 28.4 Å². The average Bonchev–Trinajstić information content (AvgIpc) is 4.01. The third kappa shape index (κ3) is 11.1. The molecule has 4 bridgehead atoms. The van der Waals surface area contributed by atoms with Crippen molar-refractivity contribution < 1.29 is 28.4 Å². The van der Waals surface area contributed by atoms with E-state index in [0.717, 1.165) is 51.1 Å². The third-order valence-electron chi connectivity index (χ3n) is 16.8. The van der Waals surface area contributed by atoms with E-state index in [2.05, 4.69) is 111 Å². The molecule has 0 aromatic rings. The van der Waals surface area contributed by atoms with E-state index >= 15 is 0 Å². The highest BCUT2D eigenvalue weighted by Gasteiger charge is 2.62. The quantitative estimate of drug-likeness (QED) is 0.181. The second-order valence-corrected chi connectivity index (χ2v) is 25.6. The number of thioether (sulfide) groups is 1. The van der Waals surface area contributed by atoms with Crippen molar-refractivity contribution in [3.8, 4) is 0 Å². The summed E-state index contributed by atoms with van der Waals surface area (Å²) in [5.74, 6) is 8.29. The Bertz CT molecular complexity index is 1370. The second-order valence-electron chi connectivity index (χ2n) is 24.4. The van der Waals surface area contributed by atoms with Gasteiger partial charge in [0.25, 0.3) is 0 Å². The lowest BCUT2D eigenvalue weighted by atomic mass is 9.62. The standard InChI is InChI=1S/C14H25BO2.C13H23BO2.C13H23BO.C12H21BOS/c1-9(2)8-11-14(10(3)4)6-5-7-16-12(14)13(15)17-11;1-8(2)7-10-13(9(3)4)5-6-15-11(13)12(14)16-10;1-8(2)7-13-6-5-10(12(14)15-13)11(13)9(3)4;1-7(2)5-12-6-15-10(11(13)14-12)9(12)8(3)4/h9-13H,5-8H2,1-4H3;8-12H,5-7H2,1-4H3;8-12H,5-7H2,1-4H3;7-11H,5-6H2,1-4H3/t11-,12+,13-,14?;10-,11+,12-,13?;10-,11?,12+,13+;9?,10-,11+,12-/m1100/s1. The Labute approximate surface area is 398 Å². The van der Waals surface area contributed by atoms with Crippen LogP contribution in [-0.2, 0) is 28.4 Å². The maximum atomic E-state index is 6.13. The first-order valence-electron chi connectivity index (χ1n) is 25.9. The maximum absolute atomic E-state index is 6.13. The molecule has 4 unspecified atom stereocenters. The molecule has 0 aromatic carbocycles. The topological polar surface area (TPSA) is 55.4 Å². The third-order valence-corrected chi connectivity index (χ3v) is 18.4. The fourth-order valence-electron chi connectivity index (χ4n) is 14.7. The van der Waals surface area contributed by atoms with Crippen molar-refractivity contribution in [1.29, 1.82) is 0 Å². The molecular formula is C52H92B4O6S. The molecule has 0 spiro atoms. The van der Waals surface area contributed by atoms with Crippen molar-refractivity contribution in [1.82, 2.24) is 0 Å². The number of rotatable bonds is 12. The Kier molecular flexibility index (Phi) is 19.0. The predicted octanol–water partition coefficient (Wildman–Crippen LogP) is 10.8. The van der Waals surface area contributed by atoms with Gasteiger partial charge in [-0.2, -0.15) is 11.8 Å². The van der Waals surface area contributed by atoms with Crippen LogP contribution in [0.2, 0.25) is 0 Å². The van der Waals surface area contributed by atoms with Gasteiger partial charge in [0.05, 0.1) is 35.6 Å². The van der Waals surface area contributed by atoms with Crippen molar-refractivity contribution in [3.05, 3.63) is 0 Å². The summed E-state index contributed by atoms with van der Waals surface area (Å²) in [6.45, 7) is 38.2. The minimum Gasteiger partial charge on any atom is -0.381 e. The minimum absolute atomic E-state index is 0.00454. The Morgan fingerprint density at radius 2 is 1.00 bits per heavy atom. The van der Waals surface area contributed by atoms with Crippen molar-refractivity contribution >= 4 is 43.1 Å². The fraction of sp³-hybridized carbons (Fsp3) is 1.00. The van der Waals surface area contributed by atoms with Gasteiger partial charge >= 0.3 is 0 Å². The van der Waals surface area contributed by atoms with Crippen LogP contribution in [0.1, 0.15) is 169 Å². The van der Waals surface area contributed by atoms with Crippen LogP contribution in [0.25, 0.3) is 0 Å². The number of hydrogen-bond acceptors (Lipinski definition) is 7. The van der Waals surface area contributed by atoms with Gasteiger partial charge in [-0.05, 0) is 117 Å². The molecule has 0 N–H and O–H groups in total. The molecule has 16 atom stereocenters. The lowest BCUT2D eigenvalue weighted by molar-refractivity contribution is -0.0961. The normalized spacial score (nSPS) is 43.6. The smallest absolute Gasteiger partial charge is 0.112 e. The first-order valence-corrected chi connectivity index (χ1v) is 27.0. The van der Waals surface area contributed by atoms with Gasteiger partial charge in [-0.15, -0.1) is 0 Å². The molecule has 1 aliphatic carbocycles. The molecule has 6 nitrogen and oxygen atoms in total. The highest BCUT2D eigenvalue weighted by Crippen LogP contribution is 2.59. The van der Waals surface area contributed by atoms with Crippen LogP contribution >= 0.6 is 11.8 Å². The molecule has 63 heavy (non-hydrogen) atoms. The summed E-state index contributed by atoms with van der Waals surface area (Å²) >= 11 is 2.03. The van der Waals surface area contributed by atoms with Gasteiger partial charge in [0.1, 0.15) is 31.4 Å². The van der Waals surface area contributed by atoms with E-state index in [4.69, 9.17) is 59.8 Å². The molecule has 11 heteroatoms. The predicted molar refractivity (Wildman–Crippen MR) is 267 cm³/mol. The highest BCUT2D eigenvalue weighted by molar-refractivity contribution is 8.00. The van der Waals surface area contributed by atoms with E-state index < -0.39 is 0 Å².